The Kier molecular flexibility index (Phi) is 13.3. The maximum atomic E-state index is 9.69. The largest absolute Gasteiger partial charge is 0.326 e. The minimum atomic E-state index is -2.82. The lowest BCUT2D eigenvalue weighted by Gasteiger charge is -1.96. The summed E-state index contributed by atoms with van der Waals surface area (Å²) in [7, 11) is -2.82. The Morgan fingerprint density at radius 2 is 1.91 bits per heavy atom. The van der Waals surface area contributed by atoms with Crippen molar-refractivity contribution in [2.24, 2.45) is 0 Å². The molecule has 0 saturated heterocycles. The van der Waals surface area contributed by atoms with Gasteiger partial charge in [-0.25, -0.2) is 0 Å². The predicted octanol–water partition coefficient (Wildman–Crippen LogP) is 2.78. The number of hydrogen-bond acceptors (Lipinski definition) is 2. The molecule has 0 rings (SSSR count). The maximum Gasteiger partial charge on any atom is 0.318 e. The van der Waals surface area contributed by atoms with E-state index in [0.29, 0.717) is 0 Å². The zero-order valence-corrected chi connectivity index (χ0v) is 8.89. The van der Waals surface area contributed by atoms with E-state index in [0.717, 1.165) is 0 Å². The number of unbranched alkanes of at least 4 members (excludes halogenated alkanes) is 1. The molecule has 0 radical (unpaired) electrons. The van der Waals surface area contributed by atoms with E-state index < -0.39 is 13.8 Å². The third kappa shape index (κ3) is 25.1. The average molecular weight is 203 g/mol. The SMILES string of the molecule is CC(Cl)O[PH](=O)O.CCCC. The fraction of sp³-hybridized carbons (Fsp3) is 1.00. The van der Waals surface area contributed by atoms with Crippen LogP contribution in [0, 0.1) is 0 Å². The quantitative estimate of drug-likeness (QED) is 0.566. The van der Waals surface area contributed by atoms with Gasteiger partial charge < -0.3 is 4.89 Å². The number of hydrogen-bond donors (Lipinski definition) is 1. The summed E-state index contributed by atoms with van der Waals surface area (Å²) in [5, 5.41) is 0. The molecule has 0 saturated carbocycles. The molecule has 0 aliphatic heterocycles. The highest BCUT2D eigenvalue weighted by Gasteiger charge is 1.96. The van der Waals surface area contributed by atoms with Gasteiger partial charge in [0.2, 0.25) is 0 Å². The van der Waals surface area contributed by atoms with Gasteiger partial charge in [0.15, 0.2) is 0 Å². The lowest BCUT2D eigenvalue weighted by atomic mass is 10.4. The molecule has 0 aliphatic rings. The molecule has 0 bridgehead atoms. The molecule has 0 aromatic rings. The van der Waals surface area contributed by atoms with Crippen LogP contribution in [0.3, 0.4) is 0 Å². The second-order valence-electron chi connectivity index (χ2n) is 1.93. The van der Waals surface area contributed by atoms with Crippen LogP contribution in [-0.2, 0) is 9.09 Å². The van der Waals surface area contributed by atoms with E-state index in [2.05, 4.69) is 18.4 Å². The summed E-state index contributed by atoms with van der Waals surface area (Å²) in [5.74, 6) is 0. The fourth-order valence-electron chi connectivity index (χ4n) is 0.139. The number of halogens is 1. The zero-order valence-electron chi connectivity index (χ0n) is 7.13. The normalized spacial score (nSPS) is 14.6. The molecule has 0 aromatic heterocycles. The molecular formula is C6H16ClO3P. The van der Waals surface area contributed by atoms with Crippen molar-refractivity contribution >= 4 is 19.9 Å². The Labute approximate surface area is 73.7 Å². The Morgan fingerprint density at radius 1 is 1.55 bits per heavy atom. The molecule has 0 aliphatic carbocycles. The van der Waals surface area contributed by atoms with Gasteiger partial charge in [-0.05, 0) is 6.92 Å². The van der Waals surface area contributed by atoms with Gasteiger partial charge in [-0.15, -0.1) is 0 Å². The van der Waals surface area contributed by atoms with Gasteiger partial charge in [0.25, 0.3) is 0 Å². The standard InChI is InChI=1S/C4H10.C2H6ClO3P/c1-3-4-2;1-2(3)6-7(4)5/h3-4H2,1-2H3;2,7H,1H3,(H,4,5). The molecular weight excluding hydrogens is 186 g/mol. The molecule has 0 spiro atoms. The van der Waals surface area contributed by atoms with Gasteiger partial charge >= 0.3 is 8.25 Å². The lowest BCUT2D eigenvalue weighted by molar-refractivity contribution is 0.269. The van der Waals surface area contributed by atoms with Crippen molar-refractivity contribution in [2.45, 2.75) is 39.2 Å². The minimum absolute atomic E-state index is 0.670. The van der Waals surface area contributed by atoms with Crippen LogP contribution in [0.1, 0.15) is 33.6 Å². The molecule has 0 fully saturated rings. The summed E-state index contributed by atoms with van der Waals surface area (Å²) < 4.78 is 13.8. The summed E-state index contributed by atoms with van der Waals surface area (Å²) in [5.41, 5.74) is -0.670. The van der Waals surface area contributed by atoms with Gasteiger partial charge in [-0.3, -0.25) is 9.09 Å². The Hall–Kier alpha value is 0.440. The van der Waals surface area contributed by atoms with Crippen LogP contribution in [0.2, 0.25) is 0 Å². The van der Waals surface area contributed by atoms with Crippen LogP contribution in [0.25, 0.3) is 0 Å². The predicted molar refractivity (Wildman–Crippen MR) is 48.2 cm³/mol. The molecule has 70 valence electrons. The Morgan fingerprint density at radius 3 is 1.91 bits per heavy atom. The number of alkyl halides is 1. The van der Waals surface area contributed by atoms with Crippen LogP contribution in [0.5, 0.6) is 0 Å². The molecule has 2 atom stereocenters. The van der Waals surface area contributed by atoms with Crippen molar-refractivity contribution < 1.29 is 14.0 Å². The highest BCUT2D eigenvalue weighted by atomic mass is 35.5. The van der Waals surface area contributed by atoms with Gasteiger partial charge in [-0.1, -0.05) is 38.3 Å². The van der Waals surface area contributed by atoms with Crippen molar-refractivity contribution in [3.05, 3.63) is 0 Å². The maximum absolute atomic E-state index is 9.69. The Bertz CT molecular complexity index is 95.8. The molecule has 11 heavy (non-hydrogen) atoms. The molecule has 5 heteroatoms. The van der Waals surface area contributed by atoms with Crippen molar-refractivity contribution in [3.63, 3.8) is 0 Å². The smallest absolute Gasteiger partial charge is 0.318 e. The number of rotatable bonds is 3. The van der Waals surface area contributed by atoms with E-state index in [9.17, 15) is 4.57 Å². The molecule has 0 aromatic carbocycles. The summed E-state index contributed by atoms with van der Waals surface area (Å²) in [6.07, 6.45) is 2.64. The van der Waals surface area contributed by atoms with Crippen molar-refractivity contribution in [3.8, 4) is 0 Å². The second-order valence-corrected chi connectivity index (χ2v) is 3.31. The first kappa shape index (κ1) is 14.0. The van der Waals surface area contributed by atoms with Crippen molar-refractivity contribution in [2.75, 3.05) is 0 Å². The third-order valence-corrected chi connectivity index (χ3v) is 1.56. The minimum Gasteiger partial charge on any atom is -0.326 e. The molecule has 2 unspecified atom stereocenters. The Balaban J connectivity index is 0. The zero-order chi connectivity index (χ0) is 9.28. The van der Waals surface area contributed by atoms with Gasteiger partial charge in [0.1, 0.15) is 5.56 Å². The van der Waals surface area contributed by atoms with Crippen LogP contribution in [-0.4, -0.2) is 10.5 Å². The first-order valence-corrected chi connectivity index (χ1v) is 5.28. The monoisotopic (exact) mass is 202 g/mol. The summed E-state index contributed by atoms with van der Waals surface area (Å²) in [6.45, 7) is 5.83. The van der Waals surface area contributed by atoms with Crippen LogP contribution in [0.15, 0.2) is 0 Å². The summed E-state index contributed by atoms with van der Waals surface area (Å²) >= 11 is 5.12. The van der Waals surface area contributed by atoms with Gasteiger partial charge in [0.05, 0.1) is 0 Å². The molecule has 0 amide bonds. The first-order chi connectivity index (χ1) is 5.04. The third-order valence-electron chi connectivity index (χ3n) is 0.763. The van der Waals surface area contributed by atoms with Crippen molar-refractivity contribution in [1.82, 2.24) is 0 Å². The van der Waals surface area contributed by atoms with Gasteiger partial charge in [0, 0.05) is 0 Å². The average Bonchev–Trinajstić information content (AvgIpc) is 1.85. The van der Waals surface area contributed by atoms with Crippen molar-refractivity contribution in [1.29, 1.82) is 0 Å². The van der Waals surface area contributed by atoms with E-state index in [1.54, 1.807) is 0 Å². The molecule has 1 N–H and O–H groups in total. The molecule has 3 nitrogen and oxygen atoms in total. The lowest BCUT2D eigenvalue weighted by Crippen LogP contribution is -1.88. The van der Waals surface area contributed by atoms with Gasteiger partial charge in [-0.2, -0.15) is 0 Å². The highest BCUT2D eigenvalue weighted by molar-refractivity contribution is 7.32. The first-order valence-electron chi connectivity index (χ1n) is 3.58. The van der Waals surface area contributed by atoms with Crippen LogP contribution >= 0.6 is 19.9 Å². The summed E-state index contributed by atoms with van der Waals surface area (Å²) in [6, 6.07) is 0. The van der Waals surface area contributed by atoms with E-state index >= 15 is 0 Å². The van der Waals surface area contributed by atoms with E-state index in [1.165, 1.54) is 19.8 Å². The van der Waals surface area contributed by atoms with Crippen LogP contribution < -0.4 is 0 Å². The fourth-order valence-corrected chi connectivity index (χ4v) is 0.645. The summed E-state index contributed by atoms with van der Waals surface area (Å²) in [4.78, 5) is 7.96. The van der Waals surface area contributed by atoms with Crippen LogP contribution in [0.4, 0.5) is 0 Å². The topological polar surface area (TPSA) is 46.5 Å². The highest BCUT2D eigenvalue weighted by Crippen LogP contribution is 2.18. The van der Waals surface area contributed by atoms with E-state index in [1.807, 2.05) is 0 Å². The second kappa shape index (κ2) is 10.4. The molecule has 0 heterocycles. The van der Waals surface area contributed by atoms with E-state index in [-0.39, 0.29) is 0 Å². The van der Waals surface area contributed by atoms with E-state index in [4.69, 9.17) is 16.5 Å².